The van der Waals surface area contributed by atoms with Gasteiger partial charge in [0, 0.05) is 6.54 Å². The largest absolute Gasteiger partial charge is 0.488 e. The molecule has 0 atom stereocenters. The monoisotopic (exact) mass is 349 g/mol. The summed E-state index contributed by atoms with van der Waals surface area (Å²) in [6.45, 7) is -0.329. The van der Waals surface area contributed by atoms with Gasteiger partial charge in [-0.2, -0.15) is 0 Å². The summed E-state index contributed by atoms with van der Waals surface area (Å²) in [6.07, 6.45) is -1.36. The summed E-state index contributed by atoms with van der Waals surface area (Å²) in [5, 5.41) is 8.31. The van der Waals surface area contributed by atoms with Crippen molar-refractivity contribution in [3.8, 4) is 5.75 Å². The second kappa shape index (κ2) is 6.99. The minimum Gasteiger partial charge on any atom is -0.488 e. The maximum Gasteiger partial charge on any atom is 0.272 e. The lowest BCUT2D eigenvalue weighted by atomic mass is 10.2. The van der Waals surface area contributed by atoms with Crippen molar-refractivity contribution in [1.82, 2.24) is 4.98 Å². The Kier molecular flexibility index (Phi) is 5.27. The average molecular weight is 349 g/mol. The Hall–Kier alpha value is -1.78. The molecule has 0 unspecified atom stereocenters. The van der Waals surface area contributed by atoms with Gasteiger partial charge in [-0.05, 0) is 17.7 Å². The number of aromatic nitrogens is 1. The van der Waals surface area contributed by atoms with Crippen LogP contribution in [0.5, 0.6) is 5.75 Å². The summed E-state index contributed by atoms with van der Waals surface area (Å²) in [4.78, 5) is 3.90. The Morgan fingerprint density at radius 2 is 2.18 bits per heavy atom. The molecule has 0 fully saturated rings. The third kappa shape index (κ3) is 4.90. The molecule has 120 valence electrons. The van der Waals surface area contributed by atoms with E-state index >= 15 is 0 Å². The van der Waals surface area contributed by atoms with Crippen LogP contribution in [0.1, 0.15) is 5.56 Å². The van der Waals surface area contributed by atoms with Crippen molar-refractivity contribution >= 4 is 26.5 Å². The fourth-order valence-corrected chi connectivity index (χ4v) is 3.00. The van der Waals surface area contributed by atoms with E-state index < -0.39 is 23.1 Å². The van der Waals surface area contributed by atoms with Crippen LogP contribution in [0.2, 0.25) is 0 Å². The molecule has 0 spiro atoms. The van der Waals surface area contributed by atoms with Crippen LogP contribution < -0.4 is 15.2 Å². The molecular formula is C12H13F2N3O3S2. The first-order valence-electron chi connectivity index (χ1n) is 6.07. The number of hydrogen-bond acceptors (Lipinski definition) is 6. The predicted molar refractivity (Wildman–Crippen MR) is 78.8 cm³/mol. The first-order valence-corrected chi connectivity index (χ1v) is 8.43. The number of primary sulfonamides is 1. The van der Waals surface area contributed by atoms with Gasteiger partial charge >= 0.3 is 0 Å². The normalized spacial score (nSPS) is 11.6. The van der Waals surface area contributed by atoms with Gasteiger partial charge in [0.25, 0.3) is 6.43 Å². The first kappa shape index (κ1) is 16.6. The minimum atomic E-state index is -3.76. The van der Waals surface area contributed by atoms with Crippen LogP contribution >= 0.6 is 11.3 Å². The second-order valence-electron chi connectivity index (χ2n) is 4.23. The molecule has 0 bridgehead atoms. The molecule has 3 N–H and O–H groups in total. The lowest BCUT2D eigenvalue weighted by molar-refractivity contribution is 0.0818. The third-order valence-electron chi connectivity index (χ3n) is 2.48. The van der Waals surface area contributed by atoms with Gasteiger partial charge < -0.3 is 10.1 Å². The fourth-order valence-electron chi connectivity index (χ4n) is 1.55. The number of ether oxygens (including phenoxy) is 1. The van der Waals surface area contributed by atoms with Crippen molar-refractivity contribution in [2.75, 3.05) is 11.9 Å². The third-order valence-corrected chi connectivity index (χ3v) is 4.85. The highest BCUT2D eigenvalue weighted by Gasteiger charge is 2.12. The molecule has 22 heavy (non-hydrogen) atoms. The Morgan fingerprint density at radius 1 is 1.41 bits per heavy atom. The van der Waals surface area contributed by atoms with Crippen molar-refractivity contribution in [3.63, 3.8) is 0 Å². The predicted octanol–water partition coefficient (Wildman–Crippen LogP) is 2.05. The van der Waals surface area contributed by atoms with Crippen molar-refractivity contribution in [3.05, 3.63) is 36.0 Å². The summed E-state index contributed by atoms with van der Waals surface area (Å²) >= 11 is 0.912. The van der Waals surface area contributed by atoms with Gasteiger partial charge in [0.05, 0.1) is 6.20 Å². The van der Waals surface area contributed by atoms with Crippen molar-refractivity contribution in [1.29, 1.82) is 0 Å². The van der Waals surface area contributed by atoms with Gasteiger partial charge in [0.15, 0.2) is 9.34 Å². The quantitative estimate of drug-likeness (QED) is 0.798. The van der Waals surface area contributed by atoms with E-state index in [1.165, 1.54) is 6.20 Å². The van der Waals surface area contributed by atoms with Crippen LogP contribution in [-0.2, 0) is 16.6 Å². The fraction of sp³-hybridized carbons (Fsp3) is 0.250. The number of thiazole rings is 1. The number of halogens is 2. The molecule has 0 aliphatic carbocycles. The summed E-state index contributed by atoms with van der Waals surface area (Å²) in [7, 11) is -3.76. The van der Waals surface area contributed by atoms with Crippen LogP contribution in [0, 0.1) is 0 Å². The topological polar surface area (TPSA) is 94.3 Å². The van der Waals surface area contributed by atoms with E-state index in [-0.39, 0.29) is 4.21 Å². The first-order chi connectivity index (χ1) is 10.3. The standard InChI is InChI=1S/C12H13F2N3O3S2/c13-10(14)7-20-9-3-1-2-8(4-9)5-16-12-17-6-11(21-12)22(15,18)19/h1-4,6,10H,5,7H2,(H,16,17)(H2,15,18,19). The van der Waals surface area contributed by atoms with Gasteiger partial charge in [-0.25, -0.2) is 27.3 Å². The molecule has 0 aliphatic rings. The molecule has 1 aromatic heterocycles. The molecule has 0 amide bonds. The molecule has 0 aliphatic heterocycles. The van der Waals surface area contributed by atoms with Crippen molar-refractivity contribution in [2.24, 2.45) is 5.14 Å². The second-order valence-corrected chi connectivity index (χ2v) is 7.05. The van der Waals surface area contributed by atoms with Gasteiger partial charge in [-0.3, -0.25) is 0 Å². The van der Waals surface area contributed by atoms with Crippen molar-refractivity contribution < 1.29 is 21.9 Å². The van der Waals surface area contributed by atoms with Crippen LogP contribution in [0.25, 0.3) is 0 Å². The number of nitrogens with one attached hydrogen (secondary N) is 1. The molecule has 1 heterocycles. The molecule has 0 saturated heterocycles. The van der Waals surface area contributed by atoms with E-state index in [9.17, 15) is 17.2 Å². The lowest BCUT2D eigenvalue weighted by Crippen LogP contribution is -2.09. The summed E-state index contributed by atoms with van der Waals surface area (Å²) in [6, 6.07) is 6.64. The highest BCUT2D eigenvalue weighted by atomic mass is 32.2. The number of nitrogens with two attached hydrogens (primary N) is 1. The Labute approximate surface area is 130 Å². The highest BCUT2D eigenvalue weighted by molar-refractivity contribution is 7.91. The zero-order valence-corrected chi connectivity index (χ0v) is 12.8. The molecule has 2 rings (SSSR count). The van der Waals surface area contributed by atoms with Gasteiger partial charge in [-0.1, -0.05) is 23.5 Å². The number of hydrogen-bond donors (Lipinski definition) is 2. The Morgan fingerprint density at radius 3 is 2.82 bits per heavy atom. The minimum absolute atomic E-state index is 0.0379. The van der Waals surface area contributed by atoms with Crippen LogP contribution in [-0.4, -0.2) is 26.4 Å². The highest BCUT2D eigenvalue weighted by Crippen LogP contribution is 2.22. The number of nitrogens with zero attached hydrogens (tertiary/aromatic N) is 1. The van der Waals surface area contributed by atoms with E-state index in [0.717, 1.165) is 16.9 Å². The molecular weight excluding hydrogens is 336 g/mol. The molecule has 0 saturated carbocycles. The summed E-state index contributed by atoms with van der Waals surface area (Å²) in [5.74, 6) is 0.337. The molecule has 10 heteroatoms. The van der Waals surface area contributed by atoms with E-state index in [1.54, 1.807) is 24.3 Å². The molecule has 1 aromatic carbocycles. The maximum absolute atomic E-state index is 12.1. The summed E-state index contributed by atoms with van der Waals surface area (Å²) in [5.41, 5.74) is 0.777. The number of sulfonamides is 1. The SMILES string of the molecule is NS(=O)(=O)c1cnc(NCc2cccc(OCC(F)F)c2)s1. The maximum atomic E-state index is 12.1. The molecule has 0 radical (unpaired) electrons. The lowest BCUT2D eigenvalue weighted by Gasteiger charge is -2.08. The average Bonchev–Trinajstić information content (AvgIpc) is 2.92. The number of benzene rings is 1. The van der Waals surface area contributed by atoms with E-state index in [0.29, 0.717) is 17.4 Å². The van der Waals surface area contributed by atoms with E-state index in [4.69, 9.17) is 9.88 Å². The van der Waals surface area contributed by atoms with E-state index in [1.807, 2.05) is 0 Å². The number of rotatable bonds is 7. The zero-order chi connectivity index (χ0) is 16.2. The van der Waals surface area contributed by atoms with Crippen LogP contribution in [0.15, 0.2) is 34.7 Å². The molecule has 6 nitrogen and oxygen atoms in total. The molecule has 2 aromatic rings. The zero-order valence-electron chi connectivity index (χ0n) is 11.2. The Balaban J connectivity index is 1.96. The van der Waals surface area contributed by atoms with Gasteiger partial charge in [-0.15, -0.1) is 0 Å². The van der Waals surface area contributed by atoms with Crippen LogP contribution in [0.3, 0.4) is 0 Å². The van der Waals surface area contributed by atoms with Crippen molar-refractivity contribution in [2.45, 2.75) is 17.2 Å². The Bertz CT molecular complexity index is 735. The summed E-state index contributed by atoms with van der Waals surface area (Å²) < 4.78 is 51.3. The number of anilines is 1. The van der Waals surface area contributed by atoms with E-state index in [2.05, 4.69) is 10.3 Å². The number of alkyl halides is 2. The van der Waals surface area contributed by atoms with Gasteiger partial charge in [0.2, 0.25) is 10.0 Å². The van der Waals surface area contributed by atoms with Gasteiger partial charge in [0.1, 0.15) is 12.4 Å². The smallest absolute Gasteiger partial charge is 0.272 e. The van der Waals surface area contributed by atoms with Crippen LogP contribution in [0.4, 0.5) is 13.9 Å².